The number of rotatable bonds is 5. The maximum atomic E-state index is 10.2. The molecule has 0 amide bonds. The van der Waals surface area contributed by atoms with Gasteiger partial charge in [-0.3, -0.25) is 0 Å². The van der Waals surface area contributed by atoms with Gasteiger partial charge in [0.05, 0.1) is 12.2 Å². The van der Waals surface area contributed by atoms with E-state index in [1.807, 2.05) is 0 Å². The normalized spacial score (nSPS) is 33.2. The molecule has 1 saturated carbocycles. The lowest BCUT2D eigenvalue weighted by molar-refractivity contribution is -0.0758. The third kappa shape index (κ3) is 3.58. The zero-order valence-corrected chi connectivity index (χ0v) is 9.59. The van der Waals surface area contributed by atoms with E-state index in [4.69, 9.17) is 4.74 Å². The number of aliphatic hydroxyl groups is 1. The summed E-state index contributed by atoms with van der Waals surface area (Å²) < 4.78 is 5.44. The Kier molecular flexibility index (Phi) is 4.90. The average molecular weight is 200 g/mol. The Bertz CT molecular complexity index is 143. The van der Waals surface area contributed by atoms with E-state index in [-0.39, 0.29) is 0 Å². The van der Waals surface area contributed by atoms with Crippen molar-refractivity contribution in [1.82, 2.24) is 0 Å². The molecule has 0 radical (unpaired) electrons. The molecule has 0 aliphatic heterocycles. The first-order valence-corrected chi connectivity index (χ1v) is 6.00. The van der Waals surface area contributed by atoms with Gasteiger partial charge in [0.2, 0.25) is 0 Å². The molecule has 2 nitrogen and oxygen atoms in total. The Morgan fingerprint density at radius 3 is 2.43 bits per heavy atom. The van der Waals surface area contributed by atoms with E-state index < -0.39 is 5.60 Å². The fourth-order valence-electron chi connectivity index (χ4n) is 2.17. The van der Waals surface area contributed by atoms with Crippen LogP contribution >= 0.6 is 0 Å². The van der Waals surface area contributed by atoms with Gasteiger partial charge < -0.3 is 9.84 Å². The summed E-state index contributed by atoms with van der Waals surface area (Å²) in [5.41, 5.74) is -0.513. The summed E-state index contributed by atoms with van der Waals surface area (Å²) in [5.74, 6) is 0.835. The SMILES string of the molecule is CCCOCC1(O)CCC(CC)CC1. The Hall–Kier alpha value is -0.0800. The third-order valence-electron chi connectivity index (χ3n) is 3.33. The molecule has 1 aliphatic rings. The van der Waals surface area contributed by atoms with Crippen molar-refractivity contribution in [1.29, 1.82) is 0 Å². The zero-order valence-electron chi connectivity index (χ0n) is 9.59. The van der Waals surface area contributed by atoms with Crippen molar-refractivity contribution in [3.63, 3.8) is 0 Å². The predicted molar refractivity (Wildman–Crippen MR) is 58.3 cm³/mol. The molecule has 1 aliphatic carbocycles. The van der Waals surface area contributed by atoms with Crippen LogP contribution < -0.4 is 0 Å². The first-order valence-electron chi connectivity index (χ1n) is 6.00. The summed E-state index contributed by atoms with van der Waals surface area (Å²) in [6, 6.07) is 0. The molecule has 0 spiro atoms. The molecule has 0 saturated heterocycles. The van der Waals surface area contributed by atoms with Crippen LogP contribution in [0.1, 0.15) is 52.4 Å². The molecule has 0 aromatic heterocycles. The Balaban J connectivity index is 2.23. The van der Waals surface area contributed by atoms with Crippen LogP contribution in [-0.2, 0) is 4.74 Å². The molecule has 0 bridgehead atoms. The van der Waals surface area contributed by atoms with Gasteiger partial charge in [0.15, 0.2) is 0 Å². The average Bonchev–Trinajstić information content (AvgIpc) is 2.19. The standard InChI is InChI=1S/C12H24O2/c1-3-9-14-10-12(13)7-5-11(4-2)6-8-12/h11,13H,3-10H2,1-2H3. The van der Waals surface area contributed by atoms with Crippen molar-refractivity contribution >= 4 is 0 Å². The monoisotopic (exact) mass is 200 g/mol. The summed E-state index contributed by atoms with van der Waals surface area (Å²) in [6.07, 6.45) is 6.48. The molecule has 0 aromatic rings. The van der Waals surface area contributed by atoms with Crippen LogP contribution in [0.4, 0.5) is 0 Å². The molecule has 0 aromatic carbocycles. The van der Waals surface area contributed by atoms with Gasteiger partial charge in [-0.05, 0) is 38.0 Å². The number of ether oxygens (including phenoxy) is 1. The summed E-state index contributed by atoms with van der Waals surface area (Å²) >= 11 is 0. The smallest absolute Gasteiger partial charge is 0.0880 e. The zero-order chi connectivity index (χ0) is 10.4. The topological polar surface area (TPSA) is 29.5 Å². The van der Waals surface area contributed by atoms with Gasteiger partial charge in [0, 0.05) is 6.61 Å². The van der Waals surface area contributed by atoms with Gasteiger partial charge in [-0.1, -0.05) is 20.3 Å². The molecule has 0 atom stereocenters. The lowest BCUT2D eigenvalue weighted by Crippen LogP contribution is -2.38. The molecule has 1 rings (SSSR count). The predicted octanol–water partition coefficient (Wildman–Crippen LogP) is 2.74. The van der Waals surface area contributed by atoms with E-state index in [1.54, 1.807) is 0 Å². The van der Waals surface area contributed by atoms with Gasteiger partial charge in [-0.15, -0.1) is 0 Å². The molecular weight excluding hydrogens is 176 g/mol. The maximum Gasteiger partial charge on any atom is 0.0880 e. The Morgan fingerprint density at radius 2 is 1.93 bits per heavy atom. The van der Waals surface area contributed by atoms with Crippen molar-refractivity contribution in [2.75, 3.05) is 13.2 Å². The van der Waals surface area contributed by atoms with Crippen molar-refractivity contribution in [3.05, 3.63) is 0 Å². The van der Waals surface area contributed by atoms with E-state index in [0.717, 1.165) is 31.8 Å². The second-order valence-corrected chi connectivity index (χ2v) is 4.63. The molecule has 0 unspecified atom stereocenters. The van der Waals surface area contributed by atoms with Crippen molar-refractivity contribution in [2.45, 2.75) is 58.0 Å². The lowest BCUT2D eigenvalue weighted by atomic mass is 9.78. The van der Waals surface area contributed by atoms with Crippen molar-refractivity contribution in [3.8, 4) is 0 Å². The van der Waals surface area contributed by atoms with Crippen LogP contribution in [0.15, 0.2) is 0 Å². The van der Waals surface area contributed by atoms with Gasteiger partial charge in [-0.2, -0.15) is 0 Å². The van der Waals surface area contributed by atoms with E-state index in [0.29, 0.717) is 6.61 Å². The third-order valence-corrected chi connectivity index (χ3v) is 3.33. The van der Waals surface area contributed by atoms with Crippen LogP contribution in [0.2, 0.25) is 0 Å². The van der Waals surface area contributed by atoms with Gasteiger partial charge >= 0.3 is 0 Å². The second kappa shape index (κ2) is 5.72. The van der Waals surface area contributed by atoms with E-state index in [1.165, 1.54) is 19.3 Å². The van der Waals surface area contributed by atoms with E-state index in [2.05, 4.69) is 13.8 Å². The van der Waals surface area contributed by atoms with Crippen LogP contribution in [0.3, 0.4) is 0 Å². The molecule has 14 heavy (non-hydrogen) atoms. The Morgan fingerprint density at radius 1 is 1.29 bits per heavy atom. The molecule has 1 fully saturated rings. The second-order valence-electron chi connectivity index (χ2n) is 4.63. The first kappa shape index (κ1) is 12.0. The Labute approximate surface area is 87.7 Å². The molecular formula is C12H24O2. The van der Waals surface area contributed by atoms with Gasteiger partial charge in [0.25, 0.3) is 0 Å². The lowest BCUT2D eigenvalue weighted by Gasteiger charge is -2.35. The highest BCUT2D eigenvalue weighted by molar-refractivity contribution is 4.84. The van der Waals surface area contributed by atoms with E-state index >= 15 is 0 Å². The minimum Gasteiger partial charge on any atom is -0.387 e. The van der Waals surface area contributed by atoms with Crippen LogP contribution in [0.25, 0.3) is 0 Å². The van der Waals surface area contributed by atoms with Gasteiger partial charge in [0.1, 0.15) is 0 Å². The van der Waals surface area contributed by atoms with Crippen molar-refractivity contribution in [2.24, 2.45) is 5.92 Å². The van der Waals surface area contributed by atoms with Crippen LogP contribution in [-0.4, -0.2) is 23.9 Å². The summed E-state index contributed by atoms with van der Waals surface area (Å²) in [6.45, 7) is 5.65. The van der Waals surface area contributed by atoms with Crippen LogP contribution in [0.5, 0.6) is 0 Å². The highest BCUT2D eigenvalue weighted by Gasteiger charge is 2.32. The summed E-state index contributed by atoms with van der Waals surface area (Å²) in [5, 5.41) is 10.2. The van der Waals surface area contributed by atoms with E-state index in [9.17, 15) is 5.11 Å². The molecule has 0 heterocycles. The summed E-state index contributed by atoms with van der Waals surface area (Å²) in [4.78, 5) is 0. The largest absolute Gasteiger partial charge is 0.387 e. The molecule has 2 heteroatoms. The quantitative estimate of drug-likeness (QED) is 0.691. The fourth-order valence-corrected chi connectivity index (χ4v) is 2.17. The number of hydrogen-bond donors (Lipinski definition) is 1. The minimum absolute atomic E-state index is 0.513. The van der Waals surface area contributed by atoms with Gasteiger partial charge in [-0.25, -0.2) is 0 Å². The van der Waals surface area contributed by atoms with Crippen molar-refractivity contribution < 1.29 is 9.84 Å². The number of hydrogen-bond acceptors (Lipinski definition) is 2. The molecule has 84 valence electrons. The highest BCUT2D eigenvalue weighted by atomic mass is 16.5. The first-order chi connectivity index (χ1) is 6.70. The fraction of sp³-hybridized carbons (Fsp3) is 1.00. The summed E-state index contributed by atoms with van der Waals surface area (Å²) in [7, 11) is 0. The minimum atomic E-state index is -0.513. The molecule has 1 N–H and O–H groups in total. The van der Waals surface area contributed by atoms with Crippen LogP contribution in [0, 0.1) is 5.92 Å². The maximum absolute atomic E-state index is 10.2. The highest BCUT2D eigenvalue weighted by Crippen LogP contribution is 2.33.